The van der Waals surface area contributed by atoms with Crippen LogP contribution >= 0.6 is 0 Å². The molecule has 4 aromatic carbocycles. The van der Waals surface area contributed by atoms with Crippen molar-refractivity contribution in [2.24, 2.45) is 0 Å². The Morgan fingerprint density at radius 3 is 2.10 bits per heavy atom. The van der Waals surface area contributed by atoms with Gasteiger partial charge in [0.05, 0.1) is 66.0 Å². The van der Waals surface area contributed by atoms with Crippen LogP contribution in [0.5, 0.6) is 6.01 Å². The molecule has 0 bridgehead atoms. The summed E-state index contributed by atoms with van der Waals surface area (Å²) >= 11 is 0. The number of rotatable bonds is 14. The van der Waals surface area contributed by atoms with Gasteiger partial charge in [0.2, 0.25) is 12.1 Å². The highest BCUT2D eigenvalue weighted by molar-refractivity contribution is 6.03. The third kappa shape index (κ3) is 11.1. The number of fused-ring (bicyclic) bond motifs is 1. The van der Waals surface area contributed by atoms with Crippen LogP contribution in [0, 0.1) is 10.1 Å². The number of methoxy groups -OCH3 is 2. The molecule has 2 aliphatic rings. The minimum atomic E-state index is -1.14. The van der Waals surface area contributed by atoms with Crippen molar-refractivity contribution in [1.29, 1.82) is 0 Å². The van der Waals surface area contributed by atoms with Gasteiger partial charge in [0.15, 0.2) is 0 Å². The first kappa shape index (κ1) is 49.5. The molecule has 3 heterocycles. The van der Waals surface area contributed by atoms with Crippen molar-refractivity contribution in [2.45, 2.75) is 84.7 Å². The van der Waals surface area contributed by atoms with Gasteiger partial charge in [-0.3, -0.25) is 14.7 Å². The molecular weight excluding hydrogens is 905 g/mol. The predicted molar refractivity (Wildman–Crippen MR) is 253 cm³/mol. The first-order chi connectivity index (χ1) is 33.8. The fourth-order valence-corrected chi connectivity index (χ4v) is 8.58. The van der Waals surface area contributed by atoms with E-state index in [0.717, 1.165) is 54.4 Å². The molecule has 1 aliphatic carbocycles. The summed E-state index contributed by atoms with van der Waals surface area (Å²) < 4.78 is 33.5. The maximum absolute atomic E-state index is 13.4. The lowest BCUT2D eigenvalue weighted by molar-refractivity contribution is -0.385. The van der Waals surface area contributed by atoms with Gasteiger partial charge in [-0.05, 0) is 80.5 Å². The van der Waals surface area contributed by atoms with E-state index in [-0.39, 0.29) is 34.1 Å². The molecule has 0 spiro atoms. The lowest BCUT2D eigenvalue weighted by Gasteiger charge is -2.29. The summed E-state index contributed by atoms with van der Waals surface area (Å²) in [5.41, 5.74) is 6.36. The summed E-state index contributed by atoms with van der Waals surface area (Å²) in [6.45, 7) is 7.42. The number of carbonyl (C=O) groups excluding carboxylic acids is 4. The topological polar surface area (TPSA) is 251 Å². The number of hydrogen-bond donors (Lipinski definition) is 2. The van der Waals surface area contributed by atoms with E-state index in [0.29, 0.717) is 47.4 Å². The third-order valence-electron chi connectivity index (χ3n) is 11.7. The van der Waals surface area contributed by atoms with Crippen molar-refractivity contribution in [3.63, 3.8) is 0 Å². The number of ether oxygens (including phenoxy) is 6. The molecule has 0 saturated heterocycles. The van der Waals surface area contributed by atoms with Crippen molar-refractivity contribution >= 4 is 40.8 Å². The van der Waals surface area contributed by atoms with Crippen molar-refractivity contribution in [1.82, 2.24) is 35.5 Å². The lowest BCUT2D eigenvalue weighted by atomic mass is 9.79. The molecule has 6 aromatic rings. The maximum atomic E-state index is 13.4. The van der Waals surface area contributed by atoms with Gasteiger partial charge >= 0.3 is 24.1 Å². The number of carbonyl (C=O) groups is 4. The van der Waals surface area contributed by atoms with Crippen LogP contribution in [0.25, 0.3) is 33.5 Å². The molecule has 70 heavy (non-hydrogen) atoms. The number of H-pyrrole nitrogens is 1. The molecule has 1 saturated carbocycles. The van der Waals surface area contributed by atoms with Gasteiger partial charge in [-0.1, -0.05) is 79.2 Å². The Labute approximate surface area is 402 Å². The van der Waals surface area contributed by atoms with E-state index in [1.807, 2.05) is 66.1 Å². The highest BCUT2D eigenvalue weighted by Gasteiger charge is 2.40. The molecule has 0 radical (unpaired) electrons. The fraction of sp³-hybridized carbons (Fsp3) is 0.320. The zero-order chi connectivity index (χ0) is 49.9. The van der Waals surface area contributed by atoms with E-state index in [4.69, 9.17) is 28.4 Å². The Morgan fingerprint density at radius 1 is 0.814 bits per heavy atom. The quantitative estimate of drug-likeness (QED) is 0.0341. The smallest absolute Gasteiger partial charge is 0.466 e. The average molecular weight is 957 g/mol. The number of para-hydroxylation sites is 2. The monoisotopic (exact) mass is 956 g/mol. The number of aromatic nitrogens is 6. The normalized spacial score (nSPS) is 14.4. The minimum Gasteiger partial charge on any atom is -0.466 e. The van der Waals surface area contributed by atoms with Crippen LogP contribution in [-0.2, 0) is 39.8 Å². The van der Waals surface area contributed by atoms with Crippen LogP contribution in [0.1, 0.15) is 87.2 Å². The van der Waals surface area contributed by atoms with Gasteiger partial charge in [-0.15, -0.1) is 10.2 Å². The zero-order valence-corrected chi connectivity index (χ0v) is 39.4. The number of nitrogens with zero attached hydrogens (tertiary/aromatic N) is 6. The molecule has 0 amide bonds. The number of dihydropyridines is 1. The zero-order valence-electron chi connectivity index (χ0n) is 39.4. The third-order valence-corrected chi connectivity index (χ3v) is 11.7. The summed E-state index contributed by atoms with van der Waals surface area (Å²) in [7, 11) is 2.42. The Balaban J connectivity index is 0.000000245. The van der Waals surface area contributed by atoms with Crippen LogP contribution in [-0.4, -0.2) is 92.4 Å². The molecule has 8 rings (SSSR count). The standard InChI is InChI=1S/C33H34N6O6.C17H18N2O6/c1-3-42-32-34-28-15-9-14-27(31(40)43-21(2)44-33(41)45-24-10-5-4-6-11-24)29(28)39(32)20-22-16-18-23(19-17-22)25-12-7-8-13-26(25)30-35-37-38-36-30;1-9-13(16(20)24-3)15(14(10(2)18-9)17(21)25-4)11-7-5-6-8-12(11)19(22)23/h7-9,12-19,21,24H,3-6,10-11,20H2,1-2H3,(H,35,36,37,38);5-8,15,18H,1-4H3. The van der Waals surface area contributed by atoms with E-state index in [1.54, 1.807) is 32.0 Å². The van der Waals surface area contributed by atoms with E-state index in [9.17, 15) is 29.3 Å². The molecule has 2 N–H and O–H groups in total. The molecule has 20 heteroatoms. The Hall–Kier alpha value is -8.42. The molecule has 20 nitrogen and oxygen atoms in total. The molecule has 1 fully saturated rings. The predicted octanol–water partition coefficient (Wildman–Crippen LogP) is 8.49. The fourth-order valence-electron chi connectivity index (χ4n) is 8.58. The van der Waals surface area contributed by atoms with Crippen LogP contribution in [0.15, 0.2) is 114 Å². The number of imidazole rings is 1. The lowest BCUT2D eigenvalue weighted by Crippen LogP contribution is -2.32. The highest BCUT2D eigenvalue weighted by Crippen LogP contribution is 2.42. The molecule has 1 atom stereocenters. The minimum absolute atomic E-state index is 0.128. The van der Waals surface area contributed by atoms with E-state index >= 15 is 0 Å². The molecular formula is C50H52N8O12. The van der Waals surface area contributed by atoms with Gasteiger partial charge in [0.25, 0.3) is 11.7 Å². The number of aromatic amines is 1. The largest absolute Gasteiger partial charge is 0.511 e. The number of hydrogen-bond acceptors (Lipinski definition) is 17. The van der Waals surface area contributed by atoms with Crippen molar-refractivity contribution in [2.75, 3.05) is 20.8 Å². The number of nitrogens with one attached hydrogen (secondary N) is 2. The van der Waals surface area contributed by atoms with E-state index in [1.165, 1.54) is 39.3 Å². The second kappa shape index (κ2) is 22.6. The second-order valence-corrected chi connectivity index (χ2v) is 16.2. The first-order valence-electron chi connectivity index (χ1n) is 22.5. The summed E-state index contributed by atoms with van der Waals surface area (Å²) in [6.07, 6.45) is 2.65. The SMILES string of the molecule is CCOc1nc2cccc(C(=O)OC(C)OC(=O)OC3CCCCC3)c2n1Cc1ccc(-c2ccccc2-c2nn[nH]n2)cc1.COC(=O)C1=C(C)NC(C)=C(C(=O)OC)C1c1ccccc1[N+](=O)[O-]. The Kier molecular flexibility index (Phi) is 16.0. The van der Waals surface area contributed by atoms with Gasteiger partial charge in [-0.25, -0.2) is 19.2 Å². The van der Waals surface area contributed by atoms with Crippen LogP contribution in [0.2, 0.25) is 0 Å². The average Bonchev–Trinajstić information content (AvgIpc) is 4.03. The number of allylic oxidation sites excluding steroid dienone is 2. The van der Waals surface area contributed by atoms with Gasteiger partial charge in [0.1, 0.15) is 6.10 Å². The summed E-state index contributed by atoms with van der Waals surface area (Å²) in [5.74, 6) is -2.47. The van der Waals surface area contributed by atoms with Gasteiger partial charge < -0.3 is 33.7 Å². The molecule has 1 aliphatic heterocycles. The van der Waals surface area contributed by atoms with E-state index in [2.05, 4.69) is 30.9 Å². The second-order valence-electron chi connectivity index (χ2n) is 16.2. The van der Waals surface area contributed by atoms with Gasteiger partial charge in [-0.2, -0.15) is 10.2 Å². The Bertz CT molecular complexity index is 2900. The Morgan fingerprint density at radius 2 is 1.47 bits per heavy atom. The van der Waals surface area contributed by atoms with Crippen LogP contribution in [0.3, 0.4) is 0 Å². The van der Waals surface area contributed by atoms with E-state index < -0.39 is 41.2 Å². The summed E-state index contributed by atoms with van der Waals surface area (Å²) in [5, 5.41) is 28.9. The maximum Gasteiger partial charge on any atom is 0.511 e. The summed E-state index contributed by atoms with van der Waals surface area (Å²) in [6, 6.07) is 27.5. The number of nitro groups is 1. The van der Waals surface area contributed by atoms with Crippen molar-refractivity contribution in [3.8, 4) is 28.5 Å². The molecule has 2 aromatic heterocycles. The number of tetrazole rings is 1. The highest BCUT2D eigenvalue weighted by atomic mass is 16.8. The summed E-state index contributed by atoms with van der Waals surface area (Å²) in [4.78, 5) is 65.9. The van der Waals surface area contributed by atoms with Crippen LogP contribution < -0.4 is 10.1 Å². The van der Waals surface area contributed by atoms with Crippen LogP contribution in [0.4, 0.5) is 10.5 Å². The number of nitro benzene ring substituents is 1. The van der Waals surface area contributed by atoms with Gasteiger partial charge in [0, 0.05) is 35.5 Å². The first-order valence-corrected chi connectivity index (χ1v) is 22.5. The molecule has 364 valence electrons. The number of esters is 3. The number of benzene rings is 4. The van der Waals surface area contributed by atoms with Crippen molar-refractivity contribution in [3.05, 3.63) is 140 Å². The molecule has 1 unspecified atom stereocenters. The van der Waals surface area contributed by atoms with Crippen molar-refractivity contribution < 1.29 is 52.5 Å².